The highest BCUT2D eigenvalue weighted by molar-refractivity contribution is 6.08. The van der Waals surface area contributed by atoms with Crippen molar-refractivity contribution in [3.63, 3.8) is 0 Å². The van der Waals surface area contributed by atoms with Crippen LogP contribution in [-0.2, 0) is 11.8 Å². The highest BCUT2D eigenvalue weighted by Gasteiger charge is 2.25. The standard InChI is InChI=1S/C29H26FN7O2/c1-15(2)28(38)36-19-12-16(3)22(21(30)13-19)25-23(24-26(31)33-14-34-27(24)37(25)5)18-6-8-20(9-7-18)39-29-32-11-10-17(4)35-29/h6-14H,1H2,2-5H3,(H,36,38)(H2,31,33,34). The summed E-state index contributed by atoms with van der Waals surface area (Å²) in [7, 11) is 1.80. The van der Waals surface area contributed by atoms with Gasteiger partial charge in [0.15, 0.2) is 0 Å². The van der Waals surface area contributed by atoms with E-state index < -0.39 is 5.82 Å². The number of ether oxygens (including phenoxy) is 1. The Morgan fingerprint density at radius 1 is 1.08 bits per heavy atom. The third-order valence-corrected chi connectivity index (χ3v) is 6.29. The number of aryl methyl sites for hydroxylation is 3. The molecule has 0 aliphatic heterocycles. The third-order valence-electron chi connectivity index (χ3n) is 6.29. The number of carbonyl (C=O) groups is 1. The van der Waals surface area contributed by atoms with Gasteiger partial charge in [-0.3, -0.25) is 4.79 Å². The van der Waals surface area contributed by atoms with Crippen LogP contribution in [0.25, 0.3) is 33.4 Å². The number of amides is 1. The molecule has 0 spiro atoms. The van der Waals surface area contributed by atoms with Crippen LogP contribution in [0.4, 0.5) is 15.9 Å². The van der Waals surface area contributed by atoms with Gasteiger partial charge in [-0.1, -0.05) is 18.7 Å². The number of fused-ring (bicyclic) bond motifs is 1. The molecule has 3 heterocycles. The largest absolute Gasteiger partial charge is 0.424 e. The molecule has 0 radical (unpaired) electrons. The van der Waals surface area contributed by atoms with Crippen molar-refractivity contribution in [3.05, 3.63) is 84.2 Å². The van der Waals surface area contributed by atoms with E-state index in [2.05, 4.69) is 31.8 Å². The van der Waals surface area contributed by atoms with Crippen LogP contribution in [0.15, 0.2) is 67.1 Å². The smallest absolute Gasteiger partial charge is 0.322 e. The molecule has 0 unspecified atom stereocenters. The summed E-state index contributed by atoms with van der Waals surface area (Å²) in [4.78, 5) is 29.1. The molecule has 196 valence electrons. The summed E-state index contributed by atoms with van der Waals surface area (Å²) in [5.41, 5.74) is 11.3. The zero-order valence-electron chi connectivity index (χ0n) is 21.9. The Hall–Kier alpha value is -5.12. The minimum Gasteiger partial charge on any atom is -0.424 e. The number of nitrogen functional groups attached to an aromatic ring is 1. The number of halogens is 1. The van der Waals surface area contributed by atoms with E-state index in [1.807, 2.05) is 19.1 Å². The second-order valence-corrected chi connectivity index (χ2v) is 9.23. The number of rotatable bonds is 6. The lowest BCUT2D eigenvalue weighted by atomic mass is 9.95. The van der Waals surface area contributed by atoms with Crippen LogP contribution in [0.1, 0.15) is 18.2 Å². The molecule has 0 fully saturated rings. The molecule has 9 nitrogen and oxygen atoms in total. The molecular weight excluding hydrogens is 497 g/mol. The topological polar surface area (TPSA) is 121 Å². The van der Waals surface area contributed by atoms with Crippen LogP contribution in [0, 0.1) is 19.7 Å². The van der Waals surface area contributed by atoms with Gasteiger partial charge in [-0.2, -0.15) is 0 Å². The lowest BCUT2D eigenvalue weighted by Crippen LogP contribution is -2.12. The Bertz CT molecular complexity index is 1740. The van der Waals surface area contributed by atoms with Crippen molar-refractivity contribution in [2.24, 2.45) is 7.05 Å². The molecule has 0 aliphatic rings. The van der Waals surface area contributed by atoms with Crippen LogP contribution in [0.3, 0.4) is 0 Å². The lowest BCUT2D eigenvalue weighted by molar-refractivity contribution is -0.112. The van der Waals surface area contributed by atoms with Gasteiger partial charge >= 0.3 is 6.01 Å². The number of hydrogen-bond acceptors (Lipinski definition) is 7. The summed E-state index contributed by atoms with van der Waals surface area (Å²) in [5, 5.41) is 3.28. The predicted octanol–water partition coefficient (Wildman–Crippen LogP) is 5.74. The molecule has 2 aromatic carbocycles. The first-order valence-electron chi connectivity index (χ1n) is 12.1. The van der Waals surface area contributed by atoms with Crippen molar-refractivity contribution in [1.29, 1.82) is 0 Å². The van der Waals surface area contributed by atoms with Crippen molar-refractivity contribution in [1.82, 2.24) is 24.5 Å². The van der Waals surface area contributed by atoms with E-state index in [4.69, 9.17) is 10.5 Å². The van der Waals surface area contributed by atoms with E-state index in [1.165, 1.54) is 12.4 Å². The summed E-state index contributed by atoms with van der Waals surface area (Å²) in [6, 6.07) is 12.3. The first-order chi connectivity index (χ1) is 18.6. The molecule has 0 saturated heterocycles. The van der Waals surface area contributed by atoms with E-state index in [1.54, 1.807) is 55.9 Å². The molecule has 0 aliphatic carbocycles. The molecule has 5 aromatic rings. The number of aromatic nitrogens is 5. The minimum atomic E-state index is -0.512. The molecule has 39 heavy (non-hydrogen) atoms. The highest BCUT2D eigenvalue weighted by atomic mass is 19.1. The maximum absolute atomic E-state index is 15.8. The molecular formula is C29H26FN7O2. The van der Waals surface area contributed by atoms with Crippen LogP contribution in [-0.4, -0.2) is 30.4 Å². The molecule has 10 heteroatoms. The molecule has 0 saturated carbocycles. The summed E-state index contributed by atoms with van der Waals surface area (Å²) in [6.07, 6.45) is 3.01. The fraction of sp³-hybridized carbons (Fsp3) is 0.138. The van der Waals surface area contributed by atoms with Crippen LogP contribution in [0.5, 0.6) is 11.8 Å². The first-order valence-corrected chi connectivity index (χ1v) is 12.1. The highest BCUT2D eigenvalue weighted by Crippen LogP contribution is 2.44. The van der Waals surface area contributed by atoms with Crippen LogP contribution in [0.2, 0.25) is 0 Å². The second-order valence-electron chi connectivity index (χ2n) is 9.23. The Morgan fingerprint density at radius 2 is 1.82 bits per heavy atom. The number of nitrogens with two attached hydrogens (primary N) is 1. The molecule has 3 aromatic heterocycles. The maximum atomic E-state index is 15.8. The Balaban J connectivity index is 1.65. The van der Waals surface area contributed by atoms with E-state index in [9.17, 15) is 4.79 Å². The van der Waals surface area contributed by atoms with Gasteiger partial charge in [-0.25, -0.2) is 24.3 Å². The number of benzene rings is 2. The number of hydrogen-bond donors (Lipinski definition) is 2. The van der Waals surface area contributed by atoms with Crippen molar-refractivity contribution in [3.8, 4) is 34.1 Å². The van der Waals surface area contributed by atoms with Gasteiger partial charge in [0.25, 0.3) is 5.91 Å². The van der Waals surface area contributed by atoms with Crippen molar-refractivity contribution >= 4 is 28.4 Å². The molecule has 3 N–H and O–H groups in total. The fourth-order valence-electron chi connectivity index (χ4n) is 4.47. The van der Waals surface area contributed by atoms with Crippen molar-refractivity contribution in [2.75, 3.05) is 11.1 Å². The van der Waals surface area contributed by atoms with Gasteiger partial charge in [0, 0.05) is 41.3 Å². The van der Waals surface area contributed by atoms with Gasteiger partial charge in [-0.05, 0) is 62.2 Å². The van der Waals surface area contributed by atoms with E-state index in [0.717, 1.165) is 11.3 Å². The minimum absolute atomic E-state index is 0.239. The Morgan fingerprint density at radius 3 is 2.49 bits per heavy atom. The molecule has 0 bridgehead atoms. The van der Waals surface area contributed by atoms with Crippen molar-refractivity contribution in [2.45, 2.75) is 20.8 Å². The fourth-order valence-corrected chi connectivity index (χ4v) is 4.47. The average molecular weight is 524 g/mol. The van der Waals surface area contributed by atoms with E-state index in [-0.39, 0.29) is 17.7 Å². The van der Waals surface area contributed by atoms with Gasteiger partial charge < -0.3 is 20.4 Å². The Labute approximate surface area is 224 Å². The SMILES string of the molecule is C=C(C)C(=O)Nc1cc(C)c(-c2c(-c3ccc(Oc4nccc(C)n4)cc3)c3c(N)ncnc3n2C)c(F)c1. The number of anilines is 2. The number of nitrogens with one attached hydrogen (secondary N) is 1. The maximum Gasteiger partial charge on any atom is 0.322 e. The first kappa shape index (κ1) is 25.5. The third kappa shape index (κ3) is 4.79. The van der Waals surface area contributed by atoms with E-state index in [0.29, 0.717) is 50.4 Å². The summed E-state index contributed by atoms with van der Waals surface area (Å²) >= 11 is 0. The van der Waals surface area contributed by atoms with Crippen LogP contribution < -0.4 is 15.8 Å². The van der Waals surface area contributed by atoms with Gasteiger partial charge in [0.05, 0.1) is 11.1 Å². The monoisotopic (exact) mass is 523 g/mol. The van der Waals surface area contributed by atoms with E-state index >= 15 is 4.39 Å². The van der Waals surface area contributed by atoms with Crippen molar-refractivity contribution < 1.29 is 13.9 Å². The number of carbonyl (C=O) groups excluding carboxylic acids is 1. The lowest BCUT2D eigenvalue weighted by Gasteiger charge is -2.15. The zero-order chi connectivity index (χ0) is 27.8. The van der Waals surface area contributed by atoms with Gasteiger partial charge in [0.1, 0.15) is 29.4 Å². The van der Waals surface area contributed by atoms with Gasteiger partial charge in [0.2, 0.25) is 0 Å². The summed E-state index contributed by atoms with van der Waals surface area (Å²) < 4.78 is 23.4. The Kier molecular flexibility index (Phi) is 6.53. The average Bonchev–Trinajstić information content (AvgIpc) is 3.17. The quantitative estimate of drug-likeness (QED) is 0.272. The molecule has 1 amide bonds. The summed E-state index contributed by atoms with van der Waals surface area (Å²) in [6.45, 7) is 8.86. The zero-order valence-corrected chi connectivity index (χ0v) is 21.9. The molecule has 0 atom stereocenters. The predicted molar refractivity (Wildman–Crippen MR) is 149 cm³/mol. The van der Waals surface area contributed by atoms with Crippen LogP contribution >= 0.6 is 0 Å². The van der Waals surface area contributed by atoms with Gasteiger partial charge in [-0.15, -0.1) is 0 Å². The summed E-state index contributed by atoms with van der Waals surface area (Å²) in [5.74, 6) is -0.0837. The number of nitrogens with zero attached hydrogens (tertiary/aromatic N) is 5. The molecule has 5 rings (SSSR count). The normalized spacial score (nSPS) is 11.0. The second kappa shape index (κ2) is 9.97.